The number of rotatable bonds is 9. The maximum atomic E-state index is 14.5. The van der Waals surface area contributed by atoms with Gasteiger partial charge in [-0.05, 0) is 61.2 Å². The van der Waals surface area contributed by atoms with E-state index in [1.807, 2.05) is 6.07 Å². The molecule has 2 atom stereocenters. The SMILES string of the molecule is CC1(c2ccc(OC/C(C(=N)c3c(Cl)cccc3Cl)=C(/O)C3CC3)cc2Cl)CC1c1nc2c(F)cc(C(=O)O)cc2s1. The Morgan fingerprint density at radius 2 is 1.83 bits per heavy atom. The molecule has 1 heterocycles. The summed E-state index contributed by atoms with van der Waals surface area (Å²) in [7, 11) is 0. The minimum atomic E-state index is -1.19. The smallest absolute Gasteiger partial charge is 0.335 e. The van der Waals surface area contributed by atoms with E-state index in [0.29, 0.717) is 36.7 Å². The van der Waals surface area contributed by atoms with Crippen LogP contribution in [0.5, 0.6) is 5.75 Å². The Morgan fingerprint density at radius 3 is 2.48 bits per heavy atom. The van der Waals surface area contributed by atoms with E-state index in [-0.39, 0.29) is 46.4 Å². The number of ether oxygens (including phenoxy) is 1. The summed E-state index contributed by atoms with van der Waals surface area (Å²) in [5.41, 5.74) is 1.27. The fraction of sp³-hybridized carbons (Fsp3) is 0.258. The first-order valence-electron chi connectivity index (χ1n) is 13.2. The van der Waals surface area contributed by atoms with Gasteiger partial charge in [-0.25, -0.2) is 14.2 Å². The van der Waals surface area contributed by atoms with Gasteiger partial charge in [0.05, 0.1) is 36.6 Å². The minimum Gasteiger partial charge on any atom is -0.512 e. The Labute approximate surface area is 259 Å². The van der Waals surface area contributed by atoms with Crippen LogP contribution in [-0.4, -0.2) is 33.5 Å². The van der Waals surface area contributed by atoms with E-state index in [0.717, 1.165) is 35.9 Å². The van der Waals surface area contributed by atoms with Crippen LogP contribution in [-0.2, 0) is 5.41 Å². The molecule has 11 heteroatoms. The third kappa shape index (κ3) is 5.26. The third-order valence-corrected chi connectivity index (χ3v) is 10.0. The molecule has 0 bridgehead atoms. The normalized spacial score (nSPS) is 20.4. The molecule has 3 aromatic carbocycles. The molecule has 6 nitrogen and oxygen atoms in total. The van der Waals surface area contributed by atoms with E-state index in [9.17, 15) is 19.4 Å². The Hall–Kier alpha value is -3.17. The second kappa shape index (κ2) is 10.8. The Morgan fingerprint density at radius 1 is 1.12 bits per heavy atom. The number of nitrogens with one attached hydrogen (secondary N) is 1. The van der Waals surface area contributed by atoms with Crippen molar-refractivity contribution < 1.29 is 24.1 Å². The number of aliphatic hydroxyl groups excluding tert-OH is 1. The quantitative estimate of drug-likeness (QED) is 0.124. The lowest BCUT2D eigenvalue weighted by molar-refractivity contribution is 0.0696. The van der Waals surface area contributed by atoms with E-state index in [1.165, 1.54) is 17.4 Å². The van der Waals surface area contributed by atoms with Gasteiger partial charge < -0.3 is 14.9 Å². The van der Waals surface area contributed by atoms with Crippen LogP contribution in [0.25, 0.3) is 10.2 Å². The molecule has 4 aromatic rings. The maximum Gasteiger partial charge on any atom is 0.335 e. The highest BCUT2D eigenvalue weighted by molar-refractivity contribution is 7.18. The van der Waals surface area contributed by atoms with Gasteiger partial charge in [-0.15, -0.1) is 11.3 Å². The van der Waals surface area contributed by atoms with Gasteiger partial charge >= 0.3 is 5.97 Å². The first-order valence-corrected chi connectivity index (χ1v) is 15.1. The molecule has 42 heavy (non-hydrogen) atoms. The molecule has 1 aromatic heterocycles. The standard InChI is InChI=1S/C31H24Cl3FN2O4S/c1-31(12-19(31)29-37-27-23(35)9-15(30(39)40)10-24(27)42-29)18-8-7-16(11-22(18)34)41-13-17(28(38)14-5-6-14)26(36)25-20(32)3-2-4-21(25)33/h2-4,7-11,14,19,36,38H,5-6,12-13H2,1H3,(H,39,40)/b28-17-,36-26?. The Bertz CT molecular complexity index is 1800. The number of benzene rings is 3. The summed E-state index contributed by atoms with van der Waals surface area (Å²) in [6.07, 6.45) is 2.42. The van der Waals surface area contributed by atoms with Gasteiger partial charge in [-0.2, -0.15) is 0 Å². The number of carbonyl (C=O) groups is 1. The van der Waals surface area contributed by atoms with Crippen molar-refractivity contribution in [2.75, 3.05) is 6.61 Å². The number of carboxylic acid groups (broad SMARTS) is 1. The van der Waals surface area contributed by atoms with Gasteiger partial charge in [0.1, 0.15) is 23.6 Å². The van der Waals surface area contributed by atoms with Gasteiger partial charge in [-0.1, -0.05) is 53.9 Å². The number of carboxylic acids is 1. The summed E-state index contributed by atoms with van der Waals surface area (Å²) < 4.78 is 21.1. The fourth-order valence-electron chi connectivity index (χ4n) is 5.27. The molecule has 2 unspecified atom stereocenters. The van der Waals surface area contributed by atoms with Crippen LogP contribution in [0.4, 0.5) is 4.39 Å². The minimum absolute atomic E-state index is 0.00212. The van der Waals surface area contributed by atoms with Crippen molar-refractivity contribution in [2.45, 2.75) is 37.5 Å². The number of thiazole rings is 1. The van der Waals surface area contributed by atoms with Gasteiger partial charge in [0, 0.05) is 27.8 Å². The van der Waals surface area contributed by atoms with Crippen molar-refractivity contribution in [3.8, 4) is 5.75 Å². The molecular formula is C31H24Cl3FN2O4S. The molecule has 0 spiro atoms. The van der Waals surface area contributed by atoms with Crippen molar-refractivity contribution in [3.63, 3.8) is 0 Å². The van der Waals surface area contributed by atoms with Crippen molar-refractivity contribution in [2.24, 2.45) is 5.92 Å². The number of aromatic carboxylic acids is 1. The predicted molar refractivity (Wildman–Crippen MR) is 164 cm³/mol. The van der Waals surface area contributed by atoms with Crippen molar-refractivity contribution in [1.29, 1.82) is 5.41 Å². The lowest BCUT2D eigenvalue weighted by atomic mass is 9.95. The zero-order chi connectivity index (χ0) is 29.9. The van der Waals surface area contributed by atoms with E-state index in [2.05, 4.69) is 11.9 Å². The van der Waals surface area contributed by atoms with E-state index >= 15 is 0 Å². The van der Waals surface area contributed by atoms with Gasteiger partial charge in [0.15, 0.2) is 5.82 Å². The molecule has 3 N–H and O–H groups in total. The average molecular weight is 646 g/mol. The summed E-state index contributed by atoms with van der Waals surface area (Å²) in [6.45, 7) is 1.99. The van der Waals surface area contributed by atoms with E-state index in [4.69, 9.17) is 44.9 Å². The van der Waals surface area contributed by atoms with Gasteiger partial charge in [-0.3, -0.25) is 5.41 Å². The van der Waals surface area contributed by atoms with Gasteiger partial charge in [0.2, 0.25) is 0 Å². The number of halogens is 4. The van der Waals surface area contributed by atoms with Crippen LogP contribution in [0.1, 0.15) is 58.6 Å². The molecule has 2 saturated carbocycles. The number of nitrogens with zero attached hydrogens (tertiary/aromatic N) is 1. The number of aromatic nitrogens is 1. The van der Waals surface area contributed by atoms with Crippen LogP contribution in [0.3, 0.4) is 0 Å². The fourth-order valence-corrected chi connectivity index (χ4v) is 7.52. The summed E-state index contributed by atoms with van der Waals surface area (Å²) in [6, 6.07) is 12.8. The number of allylic oxidation sites excluding steroid dienone is 1. The Kier molecular flexibility index (Phi) is 7.46. The third-order valence-electron chi connectivity index (χ3n) is 7.97. The highest BCUT2D eigenvalue weighted by Gasteiger charge is 2.54. The zero-order valence-electron chi connectivity index (χ0n) is 22.2. The average Bonchev–Trinajstić information content (AvgIpc) is 3.85. The van der Waals surface area contributed by atoms with E-state index < -0.39 is 11.8 Å². The van der Waals surface area contributed by atoms with Crippen LogP contribution in [0, 0.1) is 17.1 Å². The monoisotopic (exact) mass is 644 g/mol. The molecule has 6 rings (SSSR count). The van der Waals surface area contributed by atoms with Crippen molar-refractivity contribution in [1.82, 2.24) is 4.98 Å². The number of hydrogen-bond acceptors (Lipinski definition) is 6. The van der Waals surface area contributed by atoms with Crippen molar-refractivity contribution in [3.05, 3.63) is 102 Å². The second-order valence-electron chi connectivity index (χ2n) is 10.9. The molecule has 0 radical (unpaired) electrons. The van der Waals surface area contributed by atoms with Crippen LogP contribution < -0.4 is 4.74 Å². The summed E-state index contributed by atoms with van der Waals surface area (Å²) in [5, 5.41) is 30.8. The maximum absolute atomic E-state index is 14.5. The molecular weight excluding hydrogens is 622 g/mol. The highest BCUT2D eigenvalue weighted by Crippen LogP contribution is 2.62. The lowest BCUT2D eigenvalue weighted by Gasteiger charge is -2.17. The second-order valence-corrected chi connectivity index (χ2v) is 13.2. The topological polar surface area (TPSA) is 104 Å². The largest absolute Gasteiger partial charge is 0.512 e. The number of aliphatic hydroxyl groups is 1. The molecule has 2 fully saturated rings. The molecule has 0 amide bonds. The first kappa shape index (κ1) is 28.9. The number of fused-ring (bicyclic) bond motifs is 1. The summed E-state index contributed by atoms with van der Waals surface area (Å²) in [4.78, 5) is 15.8. The van der Waals surface area contributed by atoms with Crippen molar-refractivity contribution >= 4 is 68.0 Å². The molecule has 216 valence electrons. The summed E-state index contributed by atoms with van der Waals surface area (Å²) >= 11 is 20.7. The lowest BCUT2D eigenvalue weighted by Crippen LogP contribution is -2.16. The molecule has 2 aliphatic carbocycles. The van der Waals surface area contributed by atoms with E-state index in [1.54, 1.807) is 30.3 Å². The highest BCUT2D eigenvalue weighted by atomic mass is 35.5. The predicted octanol–water partition coefficient (Wildman–Crippen LogP) is 9.21. The van der Waals surface area contributed by atoms with Crippen LogP contribution >= 0.6 is 46.1 Å². The van der Waals surface area contributed by atoms with Crippen LogP contribution in [0.15, 0.2) is 59.9 Å². The number of hydrogen-bond donors (Lipinski definition) is 3. The molecule has 0 aliphatic heterocycles. The zero-order valence-corrected chi connectivity index (χ0v) is 25.3. The van der Waals surface area contributed by atoms with Crippen LogP contribution in [0.2, 0.25) is 15.1 Å². The summed E-state index contributed by atoms with van der Waals surface area (Å²) in [5.74, 6) is -1.29. The Balaban J connectivity index is 1.22. The first-order chi connectivity index (χ1) is 20.0. The molecule has 2 aliphatic rings. The van der Waals surface area contributed by atoms with Gasteiger partial charge in [0.25, 0.3) is 0 Å². The molecule has 0 saturated heterocycles.